The first-order valence-corrected chi connectivity index (χ1v) is 7.99. The van der Waals surface area contributed by atoms with Crippen molar-refractivity contribution in [3.8, 4) is 5.75 Å². The van der Waals surface area contributed by atoms with E-state index in [1.54, 1.807) is 7.11 Å². The van der Waals surface area contributed by atoms with Crippen LogP contribution in [0.2, 0.25) is 0 Å². The van der Waals surface area contributed by atoms with Crippen LogP contribution in [0.25, 0.3) is 0 Å². The SMILES string of the molecule is COc1cccc(C2CC(NCc3ccc(C)s3)C2)c1. The molecule has 20 heavy (non-hydrogen) atoms. The first-order chi connectivity index (χ1) is 9.74. The highest BCUT2D eigenvalue weighted by Gasteiger charge is 2.29. The summed E-state index contributed by atoms with van der Waals surface area (Å²) in [6.45, 7) is 3.17. The second kappa shape index (κ2) is 5.98. The predicted molar refractivity (Wildman–Crippen MR) is 84.7 cm³/mol. The molecule has 0 atom stereocenters. The van der Waals surface area contributed by atoms with Crippen LogP contribution in [0.4, 0.5) is 0 Å². The molecule has 1 saturated carbocycles. The zero-order chi connectivity index (χ0) is 13.9. The monoisotopic (exact) mass is 287 g/mol. The molecule has 3 rings (SSSR count). The Labute approximate surface area is 124 Å². The van der Waals surface area contributed by atoms with Crippen molar-refractivity contribution >= 4 is 11.3 Å². The van der Waals surface area contributed by atoms with Crippen LogP contribution in [0, 0.1) is 6.92 Å². The smallest absolute Gasteiger partial charge is 0.119 e. The van der Waals surface area contributed by atoms with E-state index in [0.29, 0.717) is 12.0 Å². The summed E-state index contributed by atoms with van der Waals surface area (Å²) >= 11 is 1.89. The van der Waals surface area contributed by atoms with Crippen LogP contribution < -0.4 is 10.1 Å². The lowest BCUT2D eigenvalue weighted by atomic mass is 9.76. The van der Waals surface area contributed by atoms with Crippen molar-refractivity contribution in [3.63, 3.8) is 0 Å². The van der Waals surface area contributed by atoms with E-state index in [4.69, 9.17) is 4.74 Å². The van der Waals surface area contributed by atoms with Gasteiger partial charge in [0, 0.05) is 22.3 Å². The molecule has 106 valence electrons. The summed E-state index contributed by atoms with van der Waals surface area (Å²) in [5.74, 6) is 1.65. The Morgan fingerprint density at radius 2 is 2.10 bits per heavy atom. The highest BCUT2D eigenvalue weighted by atomic mass is 32.1. The Hall–Kier alpha value is -1.32. The zero-order valence-corrected chi connectivity index (χ0v) is 12.9. The second-order valence-corrected chi connectivity index (χ2v) is 6.91. The van der Waals surface area contributed by atoms with Crippen molar-refractivity contribution in [1.82, 2.24) is 5.32 Å². The maximum atomic E-state index is 5.29. The molecule has 0 spiro atoms. The second-order valence-electron chi connectivity index (χ2n) is 5.54. The molecule has 0 unspecified atom stereocenters. The topological polar surface area (TPSA) is 21.3 Å². The first kappa shape index (κ1) is 13.7. The third-order valence-corrected chi connectivity index (χ3v) is 5.06. The summed E-state index contributed by atoms with van der Waals surface area (Å²) in [5.41, 5.74) is 1.41. The molecule has 1 fully saturated rings. The highest BCUT2D eigenvalue weighted by molar-refractivity contribution is 7.11. The van der Waals surface area contributed by atoms with Crippen molar-refractivity contribution in [2.24, 2.45) is 0 Å². The van der Waals surface area contributed by atoms with Crippen molar-refractivity contribution < 1.29 is 4.74 Å². The Bertz CT molecular complexity index is 572. The molecule has 3 heteroatoms. The molecule has 0 radical (unpaired) electrons. The number of hydrogen-bond donors (Lipinski definition) is 1. The Balaban J connectivity index is 1.48. The summed E-state index contributed by atoms with van der Waals surface area (Å²) in [7, 11) is 1.73. The van der Waals surface area contributed by atoms with E-state index < -0.39 is 0 Å². The number of ether oxygens (including phenoxy) is 1. The summed E-state index contributed by atoms with van der Waals surface area (Å²) in [6.07, 6.45) is 2.47. The van der Waals surface area contributed by atoms with Crippen LogP contribution in [0.1, 0.15) is 34.1 Å². The number of rotatable bonds is 5. The molecular formula is C17H21NOS. The number of hydrogen-bond acceptors (Lipinski definition) is 3. The molecule has 2 nitrogen and oxygen atoms in total. The average molecular weight is 287 g/mol. The van der Waals surface area contributed by atoms with Gasteiger partial charge < -0.3 is 10.1 Å². The minimum absolute atomic E-state index is 0.661. The summed E-state index contributed by atoms with van der Waals surface area (Å²) in [6, 6.07) is 13.6. The van der Waals surface area contributed by atoms with Crippen molar-refractivity contribution in [2.75, 3.05) is 7.11 Å². The van der Waals surface area contributed by atoms with E-state index in [9.17, 15) is 0 Å². The Morgan fingerprint density at radius 1 is 1.25 bits per heavy atom. The minimum atomic E-state index is 0.661. The van der Waals surface area contributed by atoms with Crippen molar-refractivity contribution in [3.05, 3.63) is 51.7 Å². The van der Waals surface area contributed by atoms with Gasteiger partial charge in [-0.1, -0.05) is 12.1 Å². The normalized spacial score (nSPS) is 21.5. The minimum Gasteiger partial charge on any atom is -0.497 e. The van der Waals surface area contributed by atoms with Crippen molar-refractivity contribution in [2.45, 2.75) is 38.3 Å². The fraction of sp³-hybridized carbons (Fsp3) is 0.412. The van der Waals surface area contributed by atoms with Gasteiger partial charge in [-0.3, -0.25) is 0 Å². The number of thiophene rings is 1. The lowest BCUT2D eigenvalue weighted by Gasteiger charge is -2.36. The first-order valence-electron chi connectivity index (χ1n) is 7.17. The standard InChI is InChI=1S/C17H21NOS/c1-12-6-7-17(20-12)11-18-15-8-14(9-15)13-4-3-5-16(10-13)19-2/h3-7,10,14-15,18H,8-9,11H2,1-2H3. The highest BCUT2D eigenvalue weighted by Crippen LogP contribution is 2.38. The van der Waals surface area contributed by atoms with Crippen LogP contribution >= 0.6 is 11.3 Å². The number of benzene rings is 1. The molecule has 1 N–H and O–H groups in total. The molecule has 0 saturated heterocycles. The van der Waals surface area contributed by atoms with Gasteiger partial charge in [0.15, 0.2) is 0 Å². The Kier molecular flexibility index (Phi) is 4.08. The van der Waals surface area contributed by atoms with Crippen LogP contribution in [0.3, 0.4) is 0 Å². The molecule has 1 aliphatic rings. The molecular weight excluding hydrogens is 266 g/mol. The fourth-order valence-corrected chi connectivity index (χ4v) is 3.62. The molecule has 0 bridgehead atoms. The molecule has 0 amide bonds. The quantitative estimate of drug-likeness (QED) is 0.894. The van der Waals surface area contributed by atoms with Gasteiger partial charge >= 0.3 is 0 Å². The van der Waals surface area contributed by atoms with Gasteiger partial charge in [-0.05, 0) is 55.5 Å². The molecule has 0 aliphatic heterocycles. The molecule has 2 aromatic rings. The van der Waals surface area contributed by atoms with Gasteiger partial charge in [0.2, 0.25) is 0 Å². The third kappa shape index (κ3) is 3.05. The average Bonchev–Trinajstić information content (AvgIpc) is 2.83. The summed E-state index contributed by atoms with van der Waals surface area (Å²) in [5, 5.41) is 3.66. The van der Waals surface area contributed by atoms with Crippen LogP contribution in [-0.2, 0) is 6.54 Å². The van der Waals surface area contributed by atoms with E-state index in [0.717, 1.165) is 12.3 Å². The largest absolute Gasteiger partial charge is 0.497 e. The van der Waals surface area contributed by atoms with Crippen molar-refractivity contribution in [1.29, 1.82) is 0 Å². The number of nitrogens with one attached hydrogen (secondary N) is 1. The number of methoxy groups -OCH3 is 1. The molecule has 1 aromatic heterocycles. The number of aryl methyl sites for hydroxylation is 1. The van der Waals surface area contributed by atoms with Gasteiger partial charge in [0.25, 0.3) is 0 Å². The van der Waals surface area contributed by atoms with Crippen LogP contribution in [0.15, 0.2) is 36.4 Å². The van der Waals surface area contributed by atoms with E-state index in [1.165, 1.54) is 28.2 Å². The van der Waals surface area contributed by atoms with Gasteiger partial charge in [-0.2, -0.15) is 0 Å². The molecule has 1 aliphatic carbocycles. The molecule has 1 heterocycles. The fourth-order valence-electron chi connectivity index (χ4n) is 2.78. The van der Waals surface area contributed by atoms with Gasteiger partial charge in [-0.25, -0.2) is 0 Å². The van der Waals surface area contributed by atoms with Gasteiger partial charge in [-0.15, -0.1) is 11.3 Å². The molecule has 1 aromatic carbocycles. The van der Waals surface area contributed by atoms with E-state index in [1.807, 2.05) is 17.4 Å². The van der Waals surface area contributed by atoms with Gasteiger partial charge in [0.1, 0.15) is 5.75 Å². The van der Waals surface area contributed by atoms with E-state index in [-0.39, 0.29) is 0 Å². The summed E-state index contributed by atoms with van der Waals surface area (Å²) < 4.78 is 5.29. The lowest BCUT2D eigenvalue weighted by molar-refractivity contribution is 0.289. The Morgan fingerprint density at radius 3 is 2.80 bits per heavy atom. The zero-order valence-electron chi connectivity index (χ0n) is 12.1. The van der Waals surface area contributed by atoms with Crippen LogP contribution in [0.5, 0.6) is 5.75 Å². The van der Waals surface area contributed by atoms with Crippen LogP contribution in [-0.4, -0.2) is 13.2 Å². The third-order valence-electron chi connectivity index (χ3n) is 4.06. The lowest BCUT2D eigenvalue weighted by Crippen LogP contribution is -2.39. The predicted octanol–water partition coefficient (Wildman–Crippen LogP) is 4.10. The maximum absolute atomic E-state index is 5.29. The maximum Gasteiger partial charge on any atom is 0.119 e. The van der Waals surface area contributed by atoms with Gasteiger partial charge in [0.05, 0.1) is 7.11 Å². The van der Waals surface area contributed by atoms with E-state index in [2.05, 4.69) is 42.6 Å². The van der Waals surface area contributed by atoms with E-state index >= 15 is 0 Å². The summed E-state index contributed by atoms with van der Waals surface area (Å²) in [4.78, 5) is 2.83.